The molecule has 11 heavy (non-hydrogen) atoms. The molecule has 1 N–H and O–H groups in total. The van der Waals surface area contributed by atoms with E-state index >= 15 is 0 Å². The Kier molecular flexibility index (Phi) is 3.16. The standard InChI is InChI=1S/C7H13N2O2/c1-2-8-7(10)11-9-5-3-4-6-9/h5H,2-4,6H2,1H3,(H,8,10). The lowest BCUT2D eigenvalue weighted by Crippen LogP contribution is -2.30. The zero-order chi connectivity index (χ0) is 8.10. The Labute approximate surface area is 66.5 Å². The second kappa shape index (κ2) is 4.18. The lowest BCUT2D eigenvalue weighted by atomic mass is 10.4. The summed E-state index contributed by atoms with van der Waals surface area (Å²) in [6.45, 7) is 5.16. The molecule has 0 atom stereocenters. The molecule has 0 spiro atoms. The molecule has 1 fully saturated rings. The first-order chi connectivity index (χ1) is 5.33. The average Bonchev–Trinajstić information content (AvgIpc) is 2.40. The second-order valence-corrected chi connectivity index (χ2v) is 2.37. The Hall–Kier alpha value is -0.770. The van der Waals surface area contributed by atoms with Gasteiger partial charge in [0, 0.05) is 13.1 Å². The van der Waals surface area contributed by atoms with Crippen molar-refractivity contribution in [3.8, 4) is 0 Å². The van der Waals surface area contributed by atoms with E-state index < -0.39 is 0 Å². The molecule has 0 aliphatic carbocycles. The van der Waals surface area contributed by atoms with Crippen LogP contribution in [0.4, 0.5) is 4.79 Å². The second-order valence-electron chi connectivity index (χ2n) is 2.37. The number of carbonyl (C=O) groups is 1. The summed E-state index contributed by atoms with van der Waals surface area (Å²) in [6, 6.07) is 0. The molecule has 0 saturated carbocycles. The maximum Gasteiger partial charge on any atom is 0.426 e. The van der Waals surface area contributed by atoms with Gasteiger partial charge in [0.25, 0.3) is 0 Å². The van der Waals surface area contributed by atoms with Gasteiger partial charge in [0.2, 0.25) is 0 Å². The molecule has 1 heterocycles. The molecule has 1 saturated heterocycles. The summed E-state index contributed by atoms with van der Waals surface area (Å²) in [5, 5.41) is 4.12. The van der Waals surface area contributed by atoms with Crippen LogP contribution in [0.5, 0.6) is 0 Å². The summed E-state index contributed by atoms with van der Waals surface area (Å²) >= 11 is 0. The van der Waals surface area contributed by atoms with Crippen LogP contribution in [0.2, 0.25) is 0 Å². The highest BCUT2D eigenvalue weighted by atomic mass is 16.7. The number of nitrogens with one attached hydrogen (secondary N) is 1. The first kappa shape index (κ1) is 8.33. The molecule has 1 aliphatic heterocycles. The average molecular weight is 157 g/mol. The Morgan fingerprint density at radius 1 is 1.82 bits per heavy atom. The SMILES string of the molecule is CCNC(=O)ON1[CH]CCC1. The summed E-state index contributed by atoms with van der Waals surface area (Å²) < 4.78 is 0. The van der Waals surface area contributed by atoms with Crippen molar-refractivity contribution in [1.82, 2.24) is 10.4 Å². The lowest BCUT2D eigenvalue weighted by molar-refractivity contribution is -0.0597. The largest absolute Gasteiger partial charge is 0.426 e. The molecule has 4 nitrogen and oxygen atoms in total. The van der Waals surface area contributed by atoms with Gasteiger partial charge >= 0.3 is 6.09 Å². The van der Waals surface area contributed by atoms with Crippen LogP contribution < -0.4 is 5.32 Å². The van der Waals surface area contributed by atoms with E-state index in [0.29, 0.717) is 6.54 Å². The smallest absolute Gasteiger partial charge is 0.351 e. The van der Waals surface area contributed by atoms with Crippen molar-refractivity contribution in [2.75, 3.05) is 13.1 Å². The van der Waals surface area contributed by atoms with Gasteiger partial charge < -0.3 is 10.2 Å². The number of rotatable bonds is 2. The van der Waals surface area contributed by atoms with E-state index in [0.717, 1.165) is 19.4 Å². The summed E-state index contributed by atoms with van der Waals surface area (Å²) in [5.74, 6) is 0. The van der Waals surface area contributed by atoms with E-state index in [1.165, 1.54) is 0 Å². The summed E-state index contributed by atoms with van der Waals surface area (Å²) in [6.07, 6.45) is 1.70. The summed E-state index contributed by atoms with van der Waals surface area (Å²) in [4.78, 5) is 15.7. The van der Waals surface area contributed by atoms with Crippen molar-refractivity contribution in [3.05, 3.63) is 6.54 Å². The van der Waals surface area contributed by atoms with Crippen LogP contribution in [0, 0.1) is 6.54 Å². The molecule has 4 heteroatoms. The minimum absolute atomic E-state index is 0.370. The Bertz CT molecular complexity index is 132. The number of amides is 1. The van der Waals surface area contributed by atoms with Crippen molar-refractivity contribution in [1.29, 1.82) is 0 Å². The Morgan fingerprint density at radius 3 is 3.18 bits per heavy atom. The maximum atomic E-state index is 10.8. The van der Waals surface area contributed by atoms with Crippen molar-refractivity contribution in [2.45, 2.75) is 19.8 Å². The van der Waals surface area contributed by atoms with Crippen molar-refractivity contribution in [2.24, 2.45) is 0 Å². The van der Waals surface area contributed by atoms with E-state index in [9.17, 15) is 4.79 Å². The number of nitrogens with zero attached hydrogens (tertiary/aromatic N) is 1. The molecule has 0 aromatic heterocycles. The third-order valence-electron chi connectivity index (χ3n) is 1.44. The van der Waals surface area contributed by atoms with Gasteiger partial charge in [0.1, 0.15) is 0 Å². The van der Waals surface area contributed by atoms with Crippen LogP contribution in [0.15, 0.2) is 0 Å². The van der Waals surface area contributed by atoms with Crippen LogP contribution in [0.25, 0.3) is 0 Å². The van der Waals surface area contributed by atoms with Crippen LogP contribution >= 0.6 is 0 Å². The summed E-state index contributed by atoms with van der Waals surface area (Å²) in [5.41, 5.74) is 0. The first-order valence-electron chi connectivity index (χ1n) is 3.88. The van der Waals surface area contributed by atoms with Gasteiger partial charge in [0.05, 0.1) is 6.54 Å². The molecule has 1 amide bonds. The van der Waals surface area contributed by atoms with Crippen molar-refractivity contribution in [3.63, 3.8) is 0 Å². The molecule has 0 aromatic carbocycles. The van der Waals surface area contributed by atoms with Crippen LogP contribution in [-0.4, -0.2) is 24.2 Å². The predicted octanol–water partition coefficient (Wildman–Crippen LogP) is 0.905. The van der Waals surface area contributed by atoms with Gasteiger partial charge in [-0.05, 0) is 19.8 Å². The van der Waals surface area contributed by atoms with Crippen molar-refractivity contribution >= 4 is 6.09 Å². The number of hydroxylamine groups is 2. The van der Waals surface area contributed by atoms with Gasteiger partial charge in [-0.1, -0.05) is 0 Å². The quantitative estimate of drug-likeness (QED) is 0.647. The van der Waals surface area contributed by atoms with Crippen LogP contribution in [-0.2, 0) is 4.84 Å². The zero-order valence-electron chi connectivity index (χ0n) is 6.67. The number of hydrogen-bond acceptors (Lipinski definition) is 3. The third kappa shape index (κ3) is 2.76. The van der Waals surface area contributed by atoms with E-state index in [2.05, 4.69) is 5.32 Å². The Balaban J connectivity index is 2.13. The lowest BCUT2D eigenvalue weighted by Gasteiger charge is -2.13. The molecule has 1 aliphatic rings. The minimum Gasteiger partial charge on any atom is -0.351 e. The van der Waals surface area contributed by atoms with E-state index in [1.807, 2.05) is 13.5 Å². The normalized spacial score (nSPS) is 18.3. The highest BCUT2D eigenvalue weighted by Crippen LogP contribution is 2.11. The molecule has 63 valence electrons. The third-order valence-corrected chi connectivity index (χ3v) is 1.44. The van der Waals surface area contributed by atoms with Gasteiger partial charge in [0.15, 0.2) is 0 Å². The van der Waals surface area contributed by atoms with Gasteiger partial charge in [-0.25, -0.2) is 4.79 Å². The van der Waals surface area contributed by atoms with Gasteiger partial charge in [-0.2, -0.15) is 0 Å². The number of hydrogen-bond donors (Lipinski definition) is 1. The summed E-state index contributed by atoms with van der Waals surface area (Å²) in [7, 11) is 0. The fourth-order valence-corrected chi connectivity index (χ4v) is 0.940. The van der Waals surface area contributed by atoms with Gasteiger partial charge in [-0.3, -0.25) is 0 Å². The van der Waals surface area contributed by atoms with Crippen molar-refractivity contribution < 1.29 is 9.63 Å². The maximum absolute atomic E-state index is 10.8. The van der Waals surface area contributed by atoms with Crippen LogP contribution in [0.1, 0.15) is 19.8 Å². The van der Waals surface area contributed by atoms with E-state index in [4.69, 9.17) is 4.84 Å². The minimum atomic E-state index is -0.370. The monoisotopic (exact) mass is 157 g/mol. The number of carbonyl (C=O) groups excluding carboxylic acids is 1. The molecule has 1 radical (unpaired) electrons. The molecule has 0 bridgehead atoms. The molecular weight excluding hydrogens is 144 g/mol. The molecule has 0 unspecified atom stereocenters. The zero-order valence-corrected chi connectivity index (χ0v) is 6.67. The highest BCUT2D eigenvalue weighted by molar-refractivity contribution is 5.66. The first-order valence-corrected chi connectivity index (χ1v) is 3.88. The Morgan fingerprint density at radius 2 is 2.64 bits per heavy atom. The fourth-order valence-electron chi connectivity index (χ4n) is 0.940. The van der Waals surface area contributed by atoms with E-state index in [-0.39, 0.29) is 6.09 Å². The fraction of sp³-hybridized carbons (Fsp3) is 0.714. The van der Waals surface area contributed by atoms with Crippen LogP contribution in [0.3, 0.4) is 0 Å². The molecule has 0 aromatic rings. The predicted molar refractivity (Wildman–Crippen MR) is 40.4 cm³/mol. The molecule has 1 rings (SSSR count). The molecular formula is C7H13N2O2. The van der Waals surface area contributed by atoms with E-state index in [1.54, 1.807) is 5.06 Å². The highest BCUT2D eigenvalue weighted by Gasteiger charge is 2.15. The topological polar surface area (TPSA) is 41.6 Å². The van der Waals surface area contributed by atoms with Gasteiger partial charge in [-0.15, -0.1) is 5.06 Å².